The van der Waals surface area contributed by atoms with Crippen molar-refractivity contribution < 1.29 is 14.3 Å². The first kappa shape index (κ1) is 19.7. The van der Waals surface area contributed by atoms with Gasteiger partial charge in [-0.3, -0.25) is 4.79 Å². The van der Waals surface area contributed by atoms with Crippen LogP contribution in [0.5, 0.6) is 11.6 Å². The molecule has 1 aromatic heterocycles. The highest BCUT2D eigenvalue weighted by molar-refractivity contribution is 5.84. The first-order valence-corrected chi connectivity index (χ1v) is 10.1. The van der Waals surface area contributed by atoms with E-state index in [0.717, 1.165) is 36.5 Å². The summed E-state index contributed by atoms with van der Waals surface area (Å²) in [4.78, 5) is 16.4. The molecule has 4 rings (SSSR count). The number of nitriles is 1. The molecule has 2 aromatic carbocycles. The molecule has 1 aliphatic rings. The average molecular weight is 401 g/mol. The Balaban J connectivity index is 1.20. The second kappa shape index (κ2) is 9.27. The van der Waals surface area contributed by atoms with Gasteiger partial charge < -0.3 is 14.8 Å². The molecule has 0 spiro atoms. The fourth-order valence-corrected chi connectivity index (χ4v) is 3.69. The van der Waals surface area contributed by atoms with Gasteiger partial charge in [0.1, 0.15) is 17.9 Å². The Labute approximate surface area is 175 Å². The molecule has 1 fully saturated rings. The Hall–Kier alpha value is -3.59. The van der Waals surface area contributed by atoms with E-state index < -0.39 is 0 Å². The van der Waals surface area contributed by atoms with Crippen molar-refractivity contribution >= 4 is 16.7 Å². The van der Waals surface area contributed by atoms with Gasteiger partial charge in [-0.1, -0.05) is 30.3 Å². The summed E-state index contributed by atoms with van der Waals surface area (Å²) < 4.78 is 11.6. The molecule has 0 saturated heterocycles. The fraction of sp³-hybridized carbons (Fsp3) is 0.292. The van der Waals surface area contributed by atoms with E-state index in [1.54, 1.807) is 12.1 Å². The number of nitrogens with zero attached hydrogens (tertiary/aromatic N) is 2. The van der Waals surface area contributed by atoms with Crippen molar-refractivity contribution in [3.8, 4) is 17.7 Å². The number of hydrogen-bond donors (Lipinski definition) is 1. The van der Waals surface area contributed by atoms with Crippen molar-refractivity contribution in [2.24, 2.45) is 0 Å². The number of carbonyl (C=O) groups excluding carboxylic acids is 1. The number of benzene rings is 2. The molecule has 0 atom stereocenters. The summed E-state index contributed by atoms with van der Waals surface area (Å²) >= 11 is 0. The van der Waals surface area contributed by atoms with E-state index in [9.17, 15) is 4.79 Å². The summed E-state index contributed by atoms with van der Waals surface area (Å²) in [6.45, 7) is 0.00390. The monoisotopic (exact) mass is 401 g/mol. The van der Waals surface area contributed by atoms with Gasteiger partial charge in [-0.2, -0.15) is 5.26 Å². The number of pyridine rings is 1. The molecule has 1 N–H and O–H groups in total. The van der Waals surface area contributed by atoms with Crippen molar-refractivity contribution in [1.82, 2.24) is 10.3 Å². The normalized spacial score (nSPS) is 18.4. The maximum atomic E-state index is 12.3. The van der Waals surface area contributed by atoms with Crippen molar-refractivity contribution in [2.75, 3.05) is 6.61 Å². The zero-order chi connectivity index (χ0) is 20.8. The molecule has 3 aromatic rings. The van der Waals surface area contributed by atoms with E-state index in [2.05, 4.69) is 10.3 Å². The Morgan fingerprint density at radius 1 is 1.07 bits per heavy atom. The number of rotatable bonds is 6. The minimum Gasteiger partial charge on any atom is -0.484 e. The van der Waals surface area contributed by atoms with Crippen LogP contribution in [0.1, 0.15) is 31.2 Å². The van der Waals surface area contributed by atoms with Crippen LogP contribution in [-0.4, -0.2) is 29.6 Å². The van der Waals surface area contributed by atoms with Crippen LogP contribution in [0.15, 0.2) is 60.8 Å². The zero-order valence-electron chi connectivity index (χ0n) is 16.6. The molecule has 0 aliphatic heterocycles. The number of fused-ring (bicyclic) bond motifs is 1. The second-order valence-corrected chi connectivity index (χ2v) is 7.45. The number of ether oxygens (including phenoxy) is 2. The molecule has 6 heteroatoms. The molecule has 1 aliphatic carbocycles. The minimum absolute atomic E-state index is 0.00390. The fourth-order valence-electron chi connectivity index (χ4n) is 3.69. The standard InChI is InChI=1S/C24H23N3O3/c25-14-17-5-12-24(26-15-17)30-21-10-7-20(8-11-21)27-23(28)16-29-22-9-6-18-3-1-2-4-19(18)13-22/h1-6,9,12-13,15,20-21H,7-8,10-11,16H2,(H,27,28). The van der Waals surface area contributed by atoms with Gasteiger partial charge in [-0.25, -0.2) is 4.98 Å². The smallest absolute Gasteiger partial charge is 0.258 e. The molecule has 6 nitrogen and oxygen atoms in total. The summed E-state index contributed by atoms with van der Waals surface area (Å²) in [6, 6.07) is 19.5. The molecule has 1 saturated carbocycles. The summed E-state index contributed by atoms with van der Waals surface area (Å²) in [7, 11) is 0. The van der Waals surface area contributed by atoms with E-state index >= 15 is 0 Å². The average Bonchev–Trinajstić information content (AvgIpc) is 2.79. The van der Waals surface area contributed by atoms with Gasteiger partial charge in [0, 0.05) is 18.3 Å². The van der Waals surface area contributed by atoms with Gasteiger partial charge in [-0.05, 0) is 54.7 Å². The molecule has 0 radical (unpaired) electrons. The predicted octanol–water partition coefficient (Wildman–Crippen LogP) is 3.99. The van der Waals surface area contributed by atoms with Gasteiger partial charge in [0.05, 0.1) is 5.56 Å². The summed E-state index contributed by atoms with van der Waals surface area (Å²) in [5.41, 5.74) is 0.514. The van der Waals surface area contributed by atoms with E-state index in [-0.39, 0.29) is 24.7 Å². The largest absolute Gasteiger partial charge is 0.484 e. The first-order valence-electron chi connectivity index (χ1n) is 10.1. The van der Waals surface area contributed by atoms with Crippen LogP contribution in [0.4, 0.5) is 0 Å². The number of amides is 1. The van der Waals surface area contributed by atoms with Crippen LogP contribution < -0.4 is 14.8 Å². The van der Waals surface area contributed by atoms with Crippen LogP contribution in [0.25, 0.3) is 10.8 Å². The summed E-state index contributed by atoms with van der Waals surface area (Å²) in [6.07, 6.45) is 4.98. The van der Waals surface area contributed by atoms with Crippen molar-refractivity contribution in [3.63, 3.8) is 0 Å². The van der Waals surface area contributed by atoms with Crippen LogP contribution >= 0.6 is 0 Å². The summed E-state index contributed by atoms with van der Waals surface area (Å²) in [5, 5.41) is 14.1. The van der Waals surface area contributed by atoms with Crippen LogP contribution in [0, 0.1) is 11.3 Å². The molecule has 152 valence electrons. The Morgan fingerprint density at radius 3 is 2.60 bits per heavy atom. The predicted molar refractivity (Wildman–Crippen MR) is 113 cm³/mol. The van der Waals surface area contributed by atoms with Gasteiger partial charge in [0.15, 0.2) is 6.61 Å². The lowest BCUT2D eigenvalue weighted by atomic mass is 9.93. The third-order valence-corrected chi connectivity index (χ3v) is 5.28. The maximum absolute atomic E-state index is 12.3. The minimum atomic E-state index is -0.110. The zero-order valence-corrected chi connectivity index (χ0v) is 16.6. The number of hydrogen-bond acceptors (Lipinski definition) is 5. The number of carbonyl (C=O) groups is 1. The molecule has 0 unspecified atom stereocenters. The highest BCUT2D eigenvalue weighted by atomic mass is 16.5. The van der Waals surface area contributed by atoms with E-state index in [1.165, 1.54) is 6.20 Å². The van der Waals surface area contributed by atoms with Crippen LogP contribution in [-0.2, 0) is 4.79 Å². The number of nitrogens with one attached hydrogen (secondary N) is 1. The quantitative estimate of drug-likeness (QED) is 0.675. The molecule has 1 heterocycles. The van der Waals surface area contributed by atoms with Crippen LogP contribution in [0.3, 0.4) is 0 Å². The SMILES string of the molecule is N#Cc1ccc(OC2CCC(NC(=O)COc3ccc4ccccc4c3)CC2)nc1. The van der Waals surface area contributed by atoms with Gasteiger partial charge in [0.25, 0.3) is 5.91 Å². The van der Waals surface area contributed by atoms with Crippen molar-refractivity contribution in [2.45, 2.75) is 37.8 Å². The molecule has 1 amide bonds. The van der Waals surface area contributed by atoms with Crippen molar-refractivity contribution in [1.29, 1.82) is 5.26 Å². The molecular formula is C24H23N3O3. The van der Waals surface area contributed by atoms with Crippen molar-refractivity contribution in [3.05, 3.63) is 66.4 Å². The number of aromatic nitrogens is 1. The Morgan fingerprint density at radius 2 is 1.87 bits per heavy atom. The Kier molecular flexibility index (Phi) is 6.09. The van der Waals surface area contributed by atoms with Gasteiger partial charge in [0.2, 0.25) is 5.88 Å². The van der Waals surface area contributed by atoms with E-state index in [1.807, 2.05) is 48.5 Å². The highest BCUT2D eigenvalue weighted by Crippen LogP contribution is 2.23. The first-order chi connectivity index (χ1) is 14.7. The lowest BCUT2D eigenvalue weighted by molar-refractivity contribution is -0.124. The maximum Gasteiger partial charge on any atom is 0.258 e. The lowest BCUT2D eigenvalue weighted by Gasteiger charge is -2.29. The third kappa shape index (κ3) is 5.06. The van der Waals surface area contributed by atoms with E-state index in [4.69, 9.17) is 14.7 Å². The Bertz CT molecular complexity index is 1050. The van der Waals surface area contributed by atoms with Crippen LogP contribution in [0.2, 0.25) is 0 Å². The topological polar surface area (TPSA) is 84.2 Å². The second-order valence-electron chi connectivity index (χ2n) is 7.45. The third-order valence-electron chi connectivity index (χ3n) is 5.28. The highest BCUT2D eigenvalue weighted by Gasteiger charge is 2.24. The molecule has 0 bridgehead atoms. The van der Waals surface area contributed by atoms with E-state index in [0.29, 0.717) is 17.2 Å². The lowest BCUT2D eigenvalue weighted by Crippen LogP contribution is -2.41. The summed E-state index contributed by atoms with van der Waals surface area (Å²) in [5.74, 6) is 1.11. The van der Waals surface area contributed by atoms with Gasteiger partial charge in [-0.15, -0.1) is 0 Å². The molecular weight excluding hydrogens is 378 g/mol. The molecule has 30 heavy (non-hydrogen) atoms. The van der Waals surface area contributed by atoms with Gasteiger partial charge >= 0.3 is 0 Å².